The second-order valence-electron chi connectivity index (χ2n) is 7.98. The normalized spacial score (nSPS) is 20.7. The summed E-state index contributed by atoms with van der Waals surface area (Å²) >= 11 is 0. The van der Waals surface area contributed by atoms with Crippen molar-refractivity contribution in [1.82, 2.24) is 18.8 Å². The average Bonchev–Trinajstić information content (AvgIpc) is 3.20. The Hall–Kier alpha value is -1.97. The molecule has 0 bridgehead atoms. The molecule has 0 amide bonds. The van der Waals surface area contributed by atoms with E-state index >= 15 is 0 Å². The first-order valence-corrected chi connectivity index (χ1v) is 11.8. The van der Waals surface area contributed by atoms with Crippen LogP contribution in [-0.4, -0.2) is 58.5 Å². The maximum atomic E-state index is 12.8. The van der Waals surface area contributed by atoms with E-state index in [1.807, 2.05) is 17.8 Å². The van der Waals surface area contributed by atoms with Crippen LogP contribution in [0.4, 0.5) is 5.82 Å². The minimum atomic E-state index is -3.45. The van der Waals surface area contributed by atoms with Crippen LogP contribution in [0.3, 0.4) is 0 Å². The topological polar surface area (TPSA) is 91.6 Å². The van der Waals surface area contributed by atoms with Crippen molar-refractivity contribution in [3.05, 3.63) is 36.5 Å². The van der Waals surface area contributed by atoms with E-state index in [0.717, 1.165) is 51.0 Å². The quantitative estimate of drug-likeness (QED) is 0.796. The number of hydrogen-bond acceptors (Lipinski definition) is 6. The molecule has 2 aromatic rings. The monoisotopic (exact) mass is 419 g/mol. The minimum absolute atomic E-state index is 0.158. The molecule has 0 spiro atoms. The second-order valence-corrected chi connectivity index (χ2v) is 9.92. The highest BCUT2D eigenvalue weighted by molar-refractivity contribution is 7.89. The standard InChI is InChI=1S/C20H29N5O3S/c1-23-14-9-21-20(23)19(26)16-7-12-24(13-8-16)18-6-5-17(15-22-18)29(27,28)25-10-3-2-4-11-25/h5-6,9,14-16,19,26H,2-4,7-8,10-13H2,1H3. The van der Waals surface area contributed by atoms with Gasteiger partial charge >= 0.3 is 0 Å². The van der Waals surface area contributed by atoms with E-state index in [2.05, 4.69) is 14.9 Å². The third-order valence-corrected chi connectivity index (χ3v) is 7.99. The van der Waals surface area contributed by atoms with E-state index in [0.29, 0.717) is 18.9 Å². The Balaban J connectivity index is 1.38. The Morgan fingerprint density at radius 3 is 2.38 bits per heavy atom. The van der Waals surface area contributed by atoms with Crippen LogP contribution in [0.1, 0.15) is 44.0 Å². The fraction of sp³-hybridized carbons (Fsp3) is 0.600. The highest BCUT2D eigenvalue weighted by Gasteiger charge is 2.30. The van der Waals surface area contributed by atoms with E-state index in [1.54, 1.807) is 22.6 Å². The molecule has 8 nitrogen and oxygen atoms in total. The molecule has 9 heteroatoms. The van der Waals surface area contributed by atoms with Gasteiger partial charge in [0.25, 0.3) is 0 Å². The smallest absolute Gasteiger partial charge is 0.244 e. The fourth-order valence-corrected chi connectivity index (χ4v) is 5.75. The van der Waals surface area contributed by atoms with Crippen molar-refractivity contribution in [2.45, 2.75) is 43.1 Å². The molecular formula is C20H29N5O3S. The van der Waals surface area contributed by atoms with Gasteiger partial charge in [-0.15, -0.1) is 0 Å². The van der Waals surface area contributed by atoms with Gasteiger partial charge in [-0.25, -0.2) is 18.4 Å². The first kappa shape index (κ1) is 20.3. The van der Waals surface area contributed by atoms with Crippen molar-refractivity contribution in [3.63, 3.8) is 0 Å². The number of hydrogen-bond donors (Lipinski definition) is 1. The maximum absolute atomic E-state index is 12.8. The van der Waals surface area contributed by atoms with Gasteiger partial charge in [-0.2, -0.15) is 4.31 Å². The average molecular weight is 420 g/mol. The number of nitrogens with zero attached hydrogens (tertiary/aromatic N) is 5. The summed E-state index contributed by atoms with van der Waals surface area (Å²) in [5.41, 5.74) is 0. The van der Waals surface area contributed by atoms with E-state index in [9.17, 15) is 13.5 Å². The Bertz CT molecular complexity index is 914. The maximum Gasteiger partial charge on any atom is 0.244 e. The van der Waals surface area contributed by atoms with Crippen LogP contribution in [0.2, 0.25) is 0 Å². The van der Waals surface area contributed by atoms with Crippen LogP contribution in [0.15, 0.2) is 35.6 Å². The number of aliphatic hydroxyl groups excluding tert-OH is 1. The molecule has 4 heterocycles. The van der Waals surface area contributed by atoms with Gasteiger partial charge < -0.3 is 14.6 Å². The van der Waals surface area contributed by atoms with Crippen molar-refractivity contribution in [2.75, 3.05) is 31.1 Å². The van der Waals surface area contributed by atoms with E-state index in [1.165, 1.54) is 6.20 Å². The molecule has 1 unspecified atom stereocenters. The van der Waals surface area contributed by atoms with Gasteiger partial charge in [-0.05, 0) is 43.7 Å². The lowest BCUT2D eigenvalue weighted by Gasteiger charge is -2.34. The van der Waals surface area contributed by atoms with Crippen molar-refractivity contribution in [2.24, 2.45) is 13.0 Å². The summed E-state index contributed by atoms with van der Waals surface area (Å²) in [6.45, 7) is 2.74. The van der Waals surface area contributed by atoms with Crippen LogP contribution in [0, 0.1) is 5.92 Å². The number of pyridine rings is 1. The minimum Gasteiger partial charge on any atom is -0.385 e. The van der Waals surface area contributed by atoms with Gasteiger partial charge in [-0.3, -0.25) is 0 Å². The molecule has 29 heavy (non-hydrogen) atoms. The first-order valence-electron chi connectivity index (χ1n) is 10.3. The van der Waals surface area contributed by atoms with Crippen LogP contribution in [-0.2, 0) is 17.1 Å². The number of aliphatic hydroxyl groups is 1. The van der Waals surface area contributed by atoms with Gasteiger partial charge in [0.15, 0.2) is 0 Å². The second kappa shape index (κ2) is 8.41. The Morgan fingerprint density at radius 1 is 1.07 bits per heavy atom. The Labute approximate surface area is 172 Å². The van der Waals surface area contributed by atoms with Crippen molar-refractivity contribution < 1.29 is 13.5 Å². The number of sulfonamides is 1. The van der Waals surface area contributed by atoms with Gasteiger partial charge in [0.2, 0.25) is 10.0 Å². The predicted molar refractivity (Wildman–Crippen MR) is 110 cm³/mol. The largest absolute Gasteiger partial charge is 0.385 e. The molecule has 2 aliphatic heterocycles. The van der Waals surface area contributed by atoms with Crippen LogP contribution >= 0.6 is 0 Å². The molecular weight excluding hydrogens is 390 g/mol. The van der Waals surface area contributed by atoms with E-state index < -0.39 is 16.1 Å². The first-order chi connectivity index (χ1) is 14.0. The molecule has 0 radical (unpaired) electrons. The molecule has 2 aliphatic rings. The highest BCUT2D eigenvalue weighted by Crippen LogP contribution is 2.31. The summed E-state index contributed by atoms with van der Waals surface area (Å²) in [5, 5.41) is 10.6. The summed E-state index contributed by atoms with van der Waals surface area (Å²) in [6.07, 6.45) is 9.07. The van der Waals surface area contributed by atoms with Crippen molar-refractivity contribution in [1.29, 1.82) is 0 Å². The number of piperidine rings is 2. The molecule has 0 saturated carbocycles. The molecule has 0 aromatic carbocycles. The molecule has 4 rings (SSSR count). The Kier molecular flexibility index (Phi) is 5.89. The van der Waals surface area contributed by atoms with E-state index in [-0.39, 0.29) is 10.8 Å². The van der Waals surface area contributed by atoms with Crippen molar-refractivity contribution >= 4 is 15.8 Å². The number of imidazole rings is 1. The lowest BCUT2D eigenvalue weighted by molar-refractivity contribution is 0.0824. The Morgan fingerprint density at radius 2 is 1.79 bits per heavy atom. The zero-order valence-corrected chi connectivity index (χ0v) is 17.6. The van der Waals surface area contributed by atoms with Crippen molar-refractivity contribution in [3.8, 4) is 0 Å². The van der Waals surface area contributed by atoms with Gasteiger partial charge in [-0.1, -0.05) is 6.42 Å². The number of aromatic nitrogens is 3. The molecule has 1 atom stereocenters. The zero-order valence-electron chi connectivity index (χ0n) is 16.8. The molecule has 1 N–H and O–H groups in total. The number of anilines is 1. The SMILES string of the molecule is Cn1ccnc1C(O)C1CCN(c2ccc(S(=O)(=O)N3CCCCC3)cn2)CC1. The summed E-state index contributed by atoms with van der Waals surface area (Å²) in [4.78, 5) is 11.1. The summed E-state index contributed by atoms with van der Waals surface area (Å²) in [5.74, 6) is 1.65. The van der Waals surface area contributed by atoms with Crippen LogP contribution in [0.25, 0.3) is 0 Å². The molecule has 0 aliphatic carbocycles. The molecule has 2 saturated heterocycles. The molecule has 2 aromatic heterocycles. The number of aryl methyl sites for hydroxylation is 1. The lowest BCUT2D eigenvalue weighted by atomic mass is 9.90. The summed E-state index contributed by atoms with van der Waals surface area (Å²) < 4.78 is 29.0. The predicted octanol–water partition coefficient (Wildman–Crippen LogP) is 1.94. The highest BCUT2D eigenvalue weighted by atomic mass is 32.2. The summed E-state index contributed by atoms with van der Waals surface area (Å²) in [6, 6.07) is 3.47. The fourth-order valence-electron chi connectivity index (χ4n) is 4.28. The third-order valence-electron chi connectivity index (χ3n) is 6.11. The summed E-state index contributed by atoms with van der Waals surface area (Å²) in [7, 11) is -1.56. The van der Waals surface area contributed by atoms with Gasteiger partial charge in [0, 0.05) is 51.8 Å². The molecule has 158 valence electrons. The lowest BCUT2D eigenvalue weighted by Crippen LogP contribution is -2.37. The van der Waals surface area contributed by atoms with Gasteiger partial charge in [0.1, 0.15) is 22.6 Å². The zero-order chi connectivity index (χ0) is 20.4. The molecule has 2 fully saturated rings. The third kappa shape index (κ3) is 4.17. The van der Waals surface area contributed by atoms with E-state index in [4.69, 9.17) is 0 Å². The van der Waals surface area contributed by atoms with Crippen LogP contribution in [0.5, 0.6) is 0 Å². The van der Waals surface area contributed by atoms with Crippen LogP contribution < -0.4 is 4.90 Å². The van der Waals surface area contributed by atoms with Gasteiger partial charge in [0.05, 0.1) is 0 Å². The number of rotatable bonds is 5.